The maximum atomic E-state index is 11.4. The molecule has 88 valence electrons. The van der Waals surface area contributed by atoms with Gasteiger partial charge in [-0.1, -0.05) is 6.07 Å². The van der Waals surface area contributed by atoms with Gasteiger partial charge in [-0.2, -0.15) is 0 Å². The van der Waals surface area contributed by atoms with Crippen molar-refractivity contribution < 1.29 is 9.53 Å². The average Bonchev–Trinajstić information content (AvgIpc) is 2.71. The molecule has 1 saturated heterocycles. The molecule has 0 aliphatic carbocycles. The molecule has 1 aliphatic rings. The number of carbonyl (C=O) groups is 1. The average molecular weight is 229 g/mol. The van der Waals surface area contributed by atoms with Crippen molar-refractivity contribution >= 4 is 16.7 Å². The molecule has 1 aliphatic heterocycles. The number of aryl methyl sites for hydroxylation is 1. The van der Waals surface area contributed by atoms with Crippen molar-refractivity contribution in [1.29, 1.82) is 0 Å². The number of hydrogen-bond donors (Lipinski definition) is 0. The molecule has 17 heavy (non-hydrogen) atoms. The van der Waals surface area contributed by atoms with E-state index in [1.54, 1.807) is 0 Å². The Hall–Kier alpha value is -1.61. The van der Waals surface area contributed by atoms with E-state index in [9.17, 15) is 4.79 Å². The van der Waals surface area contributed by atoms with Crippen LogP contribution in [0.2, 0.25) is 0 Å². The molecule has 3 rings (SSSR count). The van der Waals surface area contributed by atoms with Crippen LogP contribution in [0.5, 0.6) is 0 Å². The van der Waals surface area contributed by atoms with Crippen LogP contribution in [-0.2, 0) is 16.6 Å². The van der Waals surface area contributed by atoms with Gasteiger partial charge in [0.15, 0.2) is 0 Å². The molecule has 1 atom stereocenters. The van der Waals surface area contributed by atoms with Crippen molar-refractivity contribution in [3.05, 3.63) is 36.0 Å². The Bertz CT molecular complexity index is 571. The number of benzene rings is 1. The van der Waals surface area contributed by atoms with Crippen molar-refractivity contribution in [3.63, 3.8) is 0 Å². The van der Waals surface area contributed by atoms with E-state index in [0.29, 0.717) is 25.2 Å². The normalized spacial score (nSPS) is 21.0. The molecule has 1 fully saturated rings. The number of Topliss-reactive ketones (excluding diaryl/α,β-unsaturated/α-hetero) is 1. The lowest BCUT2D eigenvalue weighted by Gasteiger charge is -2.22. The zero-order valence-corrected chi connectivity index (χ0v) is 9.85. The third-order valence-electron chi connectivity index (χ3n) is 3.39. The molecule has 2 heterocycles. The predicted octanol–water partition coefficient (Wildman–Crippen LogP) is 2.60. The lowest BCUT2D eigenvalue weighted by molar-refractivity contribution is -0.128. The monoisotopic (exact) mass is 229 g/mol. The molecule has 0 amide bonds. The molecule has 1 aromatic carbocycles. The van der Waals surface area contributed by atoms with Gasteiger partial charge in [0.25, 0.3) is 0 Å². The fraction of sp³-hybridized carbons (Fsp3) is 0.357. The maximum Gasteiger partial charge on any atom is 0.138 e. The van der Waals surface area contributed by atoms with Gasteiger partial charge >= 0.3 is 0 Å². The van der Waals surface area contributed by atoms with Crippen LogP contribution in [-0.4, -0.2) is 17.0 Å². The van der Waals surface area contributed by atoms with Gasteiger partial charge < -0.3 is 9.30 Å². The first-order valence-electron chi connectivity index (χ1n) is 5.92. The van der Waals surface area contributed by atoms with Crippen molar-refractivity contribution in [2.45, 2.75) is 18.9 Å². The molecular formula is C14H15NO2. The van der Waals surface area contributed by atoms with E-state index in [4.69, 9.17) is 4.74 Å². The summed E-state index contributed by atoms with van der Waals surface area (Å²) in [6.45, 7) is 0.552. The lowest BCUT2D eigenvalue weighted by atomic mass is 9.99. The largest absolute Gasteiger partial charge is 0.373 e. The quantitative estimate of drug-likeness (QED) is 0.752. The van der Waals surface area contributed by atoms with Crippen LogP contribution in [0.25, 0.3) is 10.9 Å². The standard InChI is InChI=1S/C14H15NO2/c1-15-6-4-10-8-11(2-3-13(10)15)14-9-12(16)5-7-17-14/h2-4,6,8,14H,5,7,9H2,1H3. The van der Waals surface area contributed by atoms with Gasteiger partial charge in [0.05, 0.1) is 12.7 Å². The summed E-state index contributed by atoms with van der Waals surface area (Å²) in [6.07, 6.45) is 3.06. The van der Waals surface area contributed by atoms with Gasteiger partial charge in [-0.05, 0) is 29.1 Å². The van der Waals surface area contributed by atoms with E-state index in [2.05, 4.69) is 28.8 Å². The highest BCUT2D eigenvalue weighted by atomic mass is 16.5. The second kappa shape index (κ2) is 4.00. The summed E-state index contributed by atoms with van der Waals surface area (Å²) in [5.41, 5.74) is 2.31. The third kappa shape index (κ3) is 1.87. The van der Waals surface area contributed by atoms with Gasteiger partial charge in [-0.15, -0.1) is 0 Å². The molecule has 0 spiro atoms. The summed E-state index contributed by atoms with van der Waals surface area (Å²) >= 11 is 0. The van der Waals surface area contributed by atoms with Gasteiger partial charge in [0, 0.05) is 31.6 Å². The lowest BCUT2D eigenvalue weighted by Crippen LogP contribution is -2.19. The van der Waals surface area contributed by atoms with Crippen molar-refractivity contribution in [3.8, 4) is 0 Å². The highest BCUT2D eigenvalue weighted by Gasteiger charge is 2.21. The van der Waals surface area contributed by atoms with Crippen LogP contribution >= 0.6 is 0 Å². The summed E-state index contributed by atoms with van der Waals surface area (Å²) in [4.78, 5) is 11.4. The van der Waals surface area contributed by atoms with E-state index in [0.717, 1.165) is 5.56 Å². The summed E-state index contributed by atoms with van der Waals surface area (Å²) in [5, 5.41) is 1.20. The zero-order valence-electron chi connectivity index (χ0n) is 9.85. The number of ketones is 1. The highest BCUT2D eigenvalue weighted by molar-refractivity contribution is 5.82. The van der Waals surface area contributed by atoms with Crippen molar-refractivity contribution in [1.82, 2.24) is 4.57 Å². The summed E-state index contributed by atoms with van der Waals surface area (Å²) < 4.78 is 7.75. The van der Waals surface area contributed by atoms with E-state index >= 15 is 0 Å². The molecule has 1 unspecified atom stereocenters. The number of carbonyl (C=O) groups excluding carboxylic acids is 1. The van der Waals surface area contributed by atoms with Crippen LogP contribution in [0.3, 0.4) is 0 Å². The van der Waals surface area contributed by atoms with E-state index in [1.807, 2.05) is 13.2 Å². The third-order valence-corrected chi connectivity index (χ3v) is 3.39. The first-order valence-corrected chi connectivity index (χ1v) is 5.92. The van der Waals surface area contributed by atoms with Crippen molar-refractivity contribution in [2.75, 3.05) is 6.61 Å². The Balaban J connectivity index is 1.97. The molecule has 0 radical (unpaired) electrons. The van der Waals surface area contributed by atoms with Gasteiger partial charge in [-0.3, -0.25) is 4.79 Å². The minimum Gasteiger partial charge on any atom is -0.373 e. The first kappa shape index (κ1) is 10.5. The smallest absolute Gasteiger partial charge is 0.138 e. The molecule has 0 saturated carbocycles. The molecule has 0 bridgehead atoms. The molecule has 2 aromatic rings. The molecule has 1 aromatic heterocycles. The fourth-order valence-electron chi connectivity index (χ4n) is 2.40. The Kier molecular flexibility index (Phi) is 2.48. The number of ether oxygens (including phenoxy) is 1. The highest BCUT2D eigenvalue weighted by Crippen LogP contribution is 2.28. The maximum absolute atomic E-state index is 11.4. The number of nitrogens with zero attached hydrogens (tertiary/aromatic N) is 1. The number of fused-ring (bicyclic) bond motifs is 1. The first-order chi connectivity index (χ1) is 8.24. The van der Waals surface area contributed by atoms with Crippen LogP contribution < -0.4 is 0 Å². The van der Waals surface area contributed by atoms with Crippen molar-refractivity contribution in [2.24, 2.45) is 7.05 Å². The Morgan fingerprint density at radius 1 is 1.35 bits per heavy atom. The van der Waals surface area contributed by atoms with Crippen LogP contribution in [0, 0.1) is 0 Å². The Morgan fingerprint density at radius 2 is 2.24 bits per heavy atom. The van der Waals surface area contributed by atoms with Crippen LogP contribution in [0.15, 0.2) is 30.5 Å². The second-order valence-corrected chi connectivity index (χ2v) is 4.60. The topological polar surface area (TPSA) is 31.2 Å². The van der Waals surface area contributed by atoms with E-state index in [-0.39, 0.29) is 6.10 Å². The summed E-state index contributed by atoms with van der Waals surface area (Å²) in [7, 11) is 2.03. The summed E-state index contributed by atoms with van der Waals surface area (Å²) in [6, 6.07) is 8.36. The second-order valence-electron chi connectivity index (χ2n) is 4.60. The molecule has 3 nitrogen and oxygen atoms in total. The fourth-order valence-corrected chi connectivity index (χ4v) is 2.40. The van der Waals surface area contributed by atoms with Gasteiger partial charge in [0.1, 0.15) is 5.78 Å². The Labute approximate surface area is 100.0 Å². The zero-order chi connectivity index (χ0) is 11.8. The van der Waals surface area contributed by atoms with Crippen LogP contribution in [0.4, 0.5) is 0 Å². The molecular weight excluding hydrogens is 214 g/mol. The molecule has 3 heteroatoms. The number of rotatable bonds is 1. The van der Waals surface area contributed by atoms with Gasteiger partial charge in [0.2, 0.25) is 0 Å². The van der Waals surface area contributed by atoms with E-state index in [1.165, 1.54) is 10.9 Å². The summed E-state index contributed by atoms with van der Waals surface area (Å²) in [5.74, 6) is 0.300. The van der Waals surface area contributed by atoms with Crippen LogP contribution in [0.1, 0.15) is 24.5 Å². The number of hydrogen-bond acceptors (Lipinski definition) is 2. The SMILES string of the molecule is Cn1ccc2cc(C3CC(=O)CCO3)ccc21. The van der Waals surface area contributed by atoms with E-state index < -0.39 is 0 Å². The predicted molar refractivity (Wildman–Crippen MR) is 65.9 cm³/mol. The Morgan fingerprint density at radius 3 is 3.06 bits per heavy atom. The minimum atomic E-state index is -0.0548. The molecule has 0 N–H and O–H groups in total. The van der Waals surface area contributed by atoms with Gasteiger partial charge in [-0.25, -0.2) is 0 Å². The number of aromatic nitrogens is 1. The minimum absolute atomic E-state index is 0.0548.